The Kier molecular flexibility index (Phi) is 7.22. The Labute approximate surface area is 179 Å². The second-order valence-electron chi connectivity index (χ2n) is 6.73. The van der Waals surface area contributed by atoms with Crippen LogP contribution in [0.25, 0.3) is 0 Å². The first kappa shape index (κ1) is 21.3. The van der Waals surface area contributed by atoms with Gasteiger partial charge in [0.1, 0.15) is 12.6 Å². The first-order valence-electron chi connectivity index (χ1n) is 9.19. The minimum atomic E-state index is -1.11. The fourth-order valence-corrected chi connectivity index (χ4v) is 4.55. The molecule has 2 atom stereocenters. The van der Waals surface area contributed by atoms with Gasteiger partial charge in [-0.15, -0.1) is 11.8 Å². The van der Waals surface area contributed by atoms with E-state index >= 15 is 0 Å². The quantitative estimate of drug-likeness (QED) is 0.588. The maximum atomic E-state index is 13.1. The summed E-state index contributed by atoms with van der Waals surface area (Å²) in [6.07, 6.45) is 0.517. The van der Waals surface area contributed by atoms with Crippen molar-refractivity contribution in [3.63, 3.8) is 0 Å². The van der Waals surface area contributed by atoms with E-state index < -0.39 is 30.4 Å². The van der Waals surface area contributed by atoms with Crippen LogP contribution < -0.4 is 10.2 Å². The number of carboxylic acid groups (broad SMARTS) is 1. The zero-order valence-electron chi connectivity index (χ0n) is 15.7. The van der Waals surface area contributed by atoms with Crippen molar-refractivity contribution in [2.75, 3.05) is 23.0 Å². The molecule has 0 aliphatic carbocycles. The number of thioether (sulfide) groups is 1. The van der Waals surface area contributed by atoms with Crippen molar-refractivity contribution in [2.45, 2.75) is 17.4 Å². The predicted molar refractivity (Wildman–Crippen MR) is 117 cm³/mol. The molecular formula is C21H22N2O4S2. The number of para-hydroxylation sites is 1. The molecule has 8 heteroatoms. The van der Waals surface area contributed by atoms with Crippen LogP contribution in [0.2, 0.25) is 0 Å². The van der Waals surface area contributed by atoms with Crippen LogP contribution in [-0.4, -0.2) is 47.0 Å². The van der Waals surface area contributed by atoms with E-state index in [1.165, 1.54) is 16.7 Å². The van der Waals surface area contributed by atoms with Crippen LogP contribution >= 0.6 is 24.4 Å². The van der Waals surface area contributed by atoms with E-state index in [0.29, 0.717) is 23.6 Å². The number of thiol groups is 1. The zero-order valence-corrected chi connectivity index (χ0v) is 17.4. The number of rotatable bonds is 7. The molecule has 0 saturated heterocycles. The molecule has 1 aliphatic heterocycles. The molecule has 2 amide bonds. The Balaban J connectivity index is 1.76. The number of hydrogen-bond acceptors (Lipinski definition) is 5. The molecule has 1 heterocycles. The molecule has 3 rings (SSSR count). The van der Waals surface area contributed by atoms with E-state index in [9.17, 15) is 19.5 Å². The van der Waals surface area contributed by atoms with Crippen LogP contribution in [0, 0.1) is 5.92 Å². The summed E-state index contributed by atoms with van der Waals surface area (Å²) in [6.45, 7) is -0.456. The van der Waals surface area contributed by atoms with Gasteiger partial charge < -0.3 is 10.4 Å². The van der Waals surface area contributed by atoms with Crippen LogP contribution in [0.3, 0.4) is 0 Å². The van der Waals surface area contributed by atoms with Crippen LogP contribution in [0.15, 0.2) is 59.5 Å². The molecule has 29 heavy (non-hydrogen) atoms. The molecule has 2 aromatic rings. The third kappa shape index (κ3) is 5.33. The summed E-state index contributed by atoms with van der Waals surface area (Å²) < 4.78 is 0. The molecule has 0 bridgehead atoms. The van der Waals surface area contributed by atoms with Gasteiger partial charge >= 0.3 is 5.97 Å². The zero-order chi connectivity index (χ0) is 20.8. The van der Waals surface area contributed by atoms with Gasteiger partial charge in [0.05, 0.1) is 11.6 Å². The van der Waals surface area contributed by atoms with Gasteiger partial charge in [0.25, 0.3) is 5.91 Å². The summed E-state index contributed by atoms with van der Waals surface area (Å²) in [5.41, 5.74) is 1.57. The van der Waals surface area contributed by atoms with E-state index in [1.807, 2.05) is 42.5 Å². The van der Waals surface area contributed by atoms with E-state index in [-0.39, 0.29) is 5.91 Å². The third-order valence-corrected chi connectivity index (χ3v) is 6.25. The van der Waals surface area contributed by atoms with Gasteiger partial charge in [-0.25, -0.2) is 0 Å². The van der Waals surface area contributed by atoms with Gasteiger partial charge in [0, 0.05) is 16.4 Å². The van der Waals surface area contributed by atoms with Gasteiger partial charge in [-0.2, -0.15) is 12.6 Å². The van der Waals surface area contributed by atoms with Crippen molar-refractivity contribution < 1.29 is 19.5 Å². The molecule has 6 nitrogen and oxygen atoms in total. The average molecular weight is 431 g/mol. The van der Waals surface area contributed by atoms with E-state index in [2.05, 4.69) is 17.9 Å². The lowest BCUT2D eigenvalue weighted by Crippen LogP contribution is -2.52. The molecule has 1 aliphatic rings. The lowest BCUT2D eigenvalue weighted by Gasteiger charge is -2.25. The van der Waals surface area contributed by atoms with Crippen molar-refractivity contribution in [1.82, 2.24) is 5.32 Å². The molecular weight excluding hydrogens is 408 g/mol. The number of carbonyl (C=O) groups is 3. The topological polar surface area (TPSA) is 86.7 Å². The number of fused-ring (bicyclic) bond motifs is 1. The Morgan fingerprint density at radius 3 is 2.55 bits per heavy atom. The first-order chi connectivity index (χ1) is 14.0. The Hall–Kier alpha value is -2.45. The van der Waals surface area contributed by atoms with Gasteiger partial charge in [0.15, 0.2) is 0 Å². The average Bonchev–Trinajstić information content (AvgIpc) is 2.85. The number of hydrogen-bond donors (Lipinski definition) is 3. The number of benzene rings is 2. The van der Waals surface area contributed by atoms with Crippen molar-refractivity contribution >= 4 is 47.9 Å². The molecule has 1 unspecified atom stereocenters. The summed E-state index contributed by atoms with van der Waals surface area (Å²) in [6, 6.07) is 16.0. The molecule has 2 N–H and O–H groups in total. The van der Waals surface area contributed by atoms with Crippen LogP contribution in [0.4, 0.5) is 5.69 Å². The van der Waals surface area contributed by atoms with Crippen LogP contribution in [0.5, 0.6) is 0 Å². The van der Waals surface area contributed by atoms with Gasteiger partial charge in [0.2, 0.25) is 5.91 Å². The number of aliphatic carboxylic acids is 1. The van der Waals surface area contributed by atoms with Crippen molar-refractivity contribution in [1.29, 1.82) is 0 Å². The third-order valence-electron chi connectivity index (χ3n) is 4.65. The maximum absolute atomic E-state index is 13.1. The SMILES string of the molecule is O=C(O)CN1C(=O)[C@@H](NC(=O)C(CS)Cc2ccccc2)CSc2ccccc21. The lowest BCUT2D eigenvalue weighted by atomic mass is 10.00. The van der Waals surface area contributed by atoms with Crippen LogP contribution in [-0.2, 0) is 20.8 Å². The van der Waals surface area contributed by atoms with E-state index in [1.54, 1.807) is 12.1 Å². The summed E-state index contributed by atoms with van der Waals surface area (Å²) in [7, 11) is 0. The number of nitrogens with zero attached hydrogens (tertiary/aromatic N) is 1. The van der Waals surface area contributed by atoms with Crippen molar-refractivity contribution in [2.24, 2.45) is 5.92 Å². The minimum absolute atomic E-state index is 0.260. The standard InChI is InChI=1S/C21H22N2O4S2/c24-19(25)11-23-17-8-4-5-9-18(17)29-13-16(21(23)27)22-20(26)15(12-28)10-14-6-2-1-3-7-14/h1-9,15-16,28H,10-13H2,(H,22,26)(H,24,25)/t15?,16-/m0/s1. The number of carbonyl (C=O) groups excluding carboxylic acids is 2. The maximum Gasteiger partial charge on any atom is 0.323 e. The highest BCUT2D eigenvalue weighted by atomic mass is 32.2. The highest BCUT2D eigenvalue weighted by Crippen LogP contribution is 2.34. The summed E-state index contributed by atoms with van der Waals surface area (Å²) in [4.78, 5) is 39.3. The normalized spacial score (nSPS) is 17.2. The highest BCUT2D eigenvalue weighted by molar-refractivity contribution is 7.99. The Morgan fingerprint density at radius 1 is 1.17 bits per heavy atom. The van der Waals surface area contributed by atoms with Gasteiger partial charge in [-0.1, -0.05) is 42.5 Å². The molecule has 0 spiro atoms. The Bertz CT molecular complexity index is 891. The first-order valence-corrected chi connectivity index (χ1v) is 10.8. The molecule has 0 radical (unpaired) electrons. The molecule has 2 aromatic carbocycles. The summed E-state index contributed by atoms with van der Waals surface area (Å²) in [5.74, 6) is -1.50. The van der Waals surface area contributed by atoms with Crippen LogP contribution in [0.1, 0.15) is 5.56 Å². The number of anilines is 1. The largest absolute Gasteiger partial charge is 0.480 e. The fraction of sp³-hybridized carbons (Fsp3) is 0.286. The number of carboxylic acids is 1. The minimum Gasteiger partial charge on any atom is -0.480 e. The number of amides is 2. The molecule has 0 fully saturated rings. The van der Waals surface area contributed by atoms with Crippen molar-refractivity contribution in [3.05, 3.63) is 60.2 Å². The molecule has 152 valence electrons. The highest BCUT2D eigenvalue weighted by Gasteiger charge is 2.34. The summed E-state index contributed by atoms with van der Waals surface area (Å²) in [5, 5.41) is 12.1. The van der Waals surface area contributed by atoms with E-state index in [0.717, 1.165) is 10.5 Å². The monoisotopic (exact) mass is 430 g/mol. The molecule has 0 saturated carbocycles. The van der Waals surface area contributed by atoms with Crippen molar-refractivity contribution in [3.8, 4) is 0 Å². The molecule has 0 aromatic heterocycles. The predicted octanol–water partition coefficient (Wildman–Crippen LogP) is 2.48. The van der Waals surface area contributed by atoms with Gasteiger partial charge in [-0.3, -0.25) is 19.3 Å². The van der Waals surface area contributed by atoms with E-state index in [4.69, 9.17) is 0 Å². The lowest BCUT2D eigenvalue weighted by molar-refractivity contribution is -0.137. The second kappa shape index (κ2) is 9.84. The Morgan fingerprint density at radius 2 is 1.86 bits per heavy atom. The smallest absolute Gasteiger partial charge is 0.323 e. The fourth-order valence-electron chi connectivity index (χ4n) is 3.18. The van der Waals surface area contributed by atoms with Gasteiger partial charge in [-0.05, 0) is 24.1 Å². The second-order valence-corrected chi connectivity index (χ2v) is 8.15. The number of nitrogens with one attached hydrogen (secondary N) is 1. The summed E-state index contributed by atoms with van der Waals surface area (Å²) >= 11 is 5.74.